The van der Waals surface area contributed by atoms with Crippen LogP contribution in [-0.4, -0.2) is 40.8 Å². The standard InChI is InChI=1S/C12H9ClN6O2/c13-9-6(12(20)21)7(5-1-2-5)18-19(9)11-8-10(15-3-14-8)16-4-17-11/h3-5H,1-2H2,(H,20,21)(H,14,15,16,17). The lowest BCUT2D eigenvalue weighted by Crippen LogP contribution is -2.03. The van der Waals surface area contributed by atoms with E-state index in [0.717, 1.165) is 12.8 Å². The summed E-state index contributed by atoms with van der Waals surface area (Å²) in [6, 6.07) is 0. The van der Waals surface area contributed by atoms with Crippen LogP contribution in [0.5, 0.6) is 0 Å². The van der Waals surface area contributed by atoms with Crippen LogP contribution in [0.4, 0.5) is 0 Å². The predicted molar refractivity (Wildman–Crippen MR) is 72.8 cm³/mol. The molecule has 0 aromatic carbocycles. The molecule has 21 heavy (non-hydrogen) atoms. The highest BCUT2D eigenvalue weighted by atomic mass is 35.5. The lowest BCUT2D eigenvalue weighted by atomic mass is 10.2. The number of rotatable bonds is 3. The Labute approximate surface area is 122 Å². The van der Waals surface area contributed by atoms with Crippen LogP contribution >= 0.6 is 11.6 Å². The van der Waals surface area contributed by atoms with E-state index >= 15 is 0 Å². The van der Waals surface area contributed by atoms with E-state index in [4.69, 9.17) is 11.6 Å². The number of carbonyl (C=O) groups is 1. The van der Waals surface area contributed by atoms with Gasteiger partial charge in [0.25, 0.3) is 0 Å². The van der Waals surface area contributed by atoms with Gasteiger partial charge in [0.15, 0.2) is 11.5 Å². The van der Waals surface area contributed by atoms with E-state index in [1.54, 1.807) is 0 Å². The second-order valence-corrected chi connectivity index (χ2v) is 5.20. The molecule has 3 aromatic heterocycles. The van der Waals surface area contributed by atoms with Gasteiger partial charge in [-0.3, -0.25) is 0 Å². The smallest absolute Gasteiger partial charge is 0.340 e. The molecule has 9 heteroatoms. The Morgan fingerprint density at radius 2 is 2.19 bits per heavy atom. The van der Waals surface area contributed by atoms with Crippen molar-refractivity contribution in [2.24, 2.45) is 0 Å². The number of H-pyrrole nitrogens is 1. The van der Waals surface area contributed by atoms with E-state index < -0.39 is 5.97 Å². The van der Waals surface area contributed by atoms with Crippen LogP contribution in [0.3, 0.4) is 0 Å². The molecule has 0 atom stereocenters. The monoisotopic (exact) mass is 304 g/mol. The number of nitrogens with zero attached hydrogens (tertiary/aromatic N) is 5. The van der Waals surface area contributed by atoms with Crippen molar-refractivity contribution < 1.29 is 9.90 Å². The maximum atomic E-state index is 11.4. The third-order valence-electron chi connectivity index (χ3n) is 3.44. The molecule has 0 aliphatic heterocycles. The van der Waals surface area contributed by atoms with E-state index in [1.807, 2.05) is 0 Å². The minimum absolute atomic E-state index is 0.0407. The van der Waals surface area contributed by atoms with Crippen LogP contribution in [-0.2, 0) is 0 Å². The Morgan fingerprint density at radius 3 is 2.90 bits per heavy atom. The topological polar surface area (TPSA) is 110 Å². The van der Waals surface area contributed by atoms with Crippen molar-refractivity contribution >= 4 is 28.7 Å². The van der Waals surface area contributed by atoms with Crippen LogP contribution in [0.15, 0.2) is 12.7 Å². The van der Waals surface area contributed by atoms with Gasteiger partial charge in [-0.15, -0.1) is 0 Å². The number of aromatic nitrogens is 6. The normalized spacial score (nSPS) is 14.7. The van der Waals surface area contributed by atoms with Crippen molar-refractivity contribution in [3.8, 4) is 5.82 Å². The summed E-state index contributed by atoms with van der Waals surface area (Å²) in [5, 5.41) is 13.8. The molecule has 0 radical (unpaired) electrons. The van der Waals surface area contributed by atoms with Gasteiger partial charge < -0.3 is 10.1 Å². The lowest BCUT2D eigenvalue weighted by Gasteiger charge is -2.02. The van der Waals surface area contributed by atoms with Crippen molar-refractivity contribution in [1.82, 2.24) is 29.7 Å². The summed E-state index contributed by atoms with van der Waals surface area (Å²) in [6.45, 7) is 0. The molecule has 3 aromatic rings. The molecule has 0 bridgehead atoms. The van der Waals surface area contributed by atoms with Gasteiger partial charge >= 0.3 is 5.97 Å². The van der Waals surface area contributed by atoms with E-state index in [-0.39, 0.29) is 16.6 Å². The molecule has 1 aliphatic rings. The van der Waals surface area contributed by atoms with Crippen LogP contribution in [0.25, 0.3) is 17.0 Å². The second-order valence-electron chi connectivity index (χ2n) is 4.84. The Balaban J connectivity index is 1.98. The van der Waals surface area contributed by atoms with Crippen LogP contribution in [0, 0.1) is 0 Å². The molecule has 8 nitrogen and oxygen atoms in total. The molecule has 0 spiro atoms. The number of halogens is 1. The SMILES string of the molecule is O=C(O)c1c(C2CC2)nn(-c2ncnc3nc[nH]c23)c1Cl. The van der Waals surface area contributed by atoms with Gasteiger partial charge in [-0.1, -0.05) is 11.6 Å². The number of hydrogen-bond donors (Lipinski definition) is 2. The van der Waals surface area contributed by atoms with Gasteiger partial charge in [0.05, 0.1) is 12.0 Å². The number of carboxylic acids is 1. The van der Waals surface area contributed by atoms with Gasteiger partial charge in [-0.25, -0.2) is 24.4 Å². The zero-order chi connectivity index (χ0) is 14.6. The molecule has 1 saturated carbocycles. The first-order chi connectivity index (χ1) is 10.2. The molecular weight excluding hydrogens is 296 g/mol. The highest BCUT2D eigenvalue weighted by Crippen LogP contribution is 2.43. The number of imidazole rings is 1. The summed E-state index contributed by atoms with van der Waals surface area (Å²) in [4.78, 5) is 26.6. The van der Waals surface area contributed by atoms with Gasteiger partial charge in [0.1, 0.15) is 22.6 Å². The Morgan fingerprint density at radius 1 is 1.38 bits per heavy atom. The molecule has 1 fully saturated rings. The number of carboxylic acid groups (broad SMARTS) is 1. The van der Waals surface area contributed by atoms with Gasteiger partial charge in [0, 0.05) is 5.92 Å². The van der Waals surface area contributed by atoms with Crippen molar-refractivity contribution in [1.29, 1.82) is 0 Å². The Bertz CT molecular complexity index is 866. The number of aromatic amines is 1. The van der Waals surface area contributed by atoms with E-state index in [0.29, 0.717) is 22.7 Å². The summed E-state index contributed by atoms with van der Waals surface area (Å²) >= 11 is 6.22. The van der Waals surface area contributed by atoms with Crippen molar-refractivity contribution in [3.05, 3.63) is 29.1 Å². The van der Waals surface area contributed by atoms with Crippen LogP contribution in [0.2, 0.25) is 5.15 Å². The number of nitrogens with one attached hydrogen (secondary N) is 1. The highest BCUT2D eigenvalue weighted by molar-refractivity contribution is 6.33. The van der Waals surface area contributed by atoms with Crippen molar-refractivity contribution in [2.45, 2.75) is 18.8 Å². The largest absolute Gasteiger partial charge is 0.478 e. The molecule has 3 heterocycles. The fourth-order valence-corrected chi connectivity index (χ4v) is 2.60. The fourth-order valence-electron chi connectivity index (χ4n) is 2.31. The van der Waals surface area contributed by atoms with Gasteiger partial charge in [-0.05, 0) is 12.8 Å². The molecular formula is C12H9ClN6O2. The van der Waals surface area contributed by atoms with Gasteiger partial charge in [0.2, 0.25) is 0 Å². The Kier molecular flexibility index (Phi) is 2.49. The average molecular weight is 305 g/mol. The number of fused-ring (bicyclic) bond motifs is 1. The van der Waals surface area contributed by atoms with Crippen molar-refractivity contribution in [2.75, 3.05) is 0 Å². The quantitative estimate of drug-likeness (QED) is 0.763. The zero-order valence-electron chi connectivity index (χ0n) is 10.6. The lowest BCUT2D eigenvalue weighted by molar-refractivity contribution is 0.0696. The van der Waals surface area contributed by atoms with E-state index in [9.17, 15) is 9.90 Å². The van der Waals surface area contributed by atoms with E-state index in [1.165, 1.54) is 17.3 Å². The molecule has 0 amide bonds. The molecule has 1 aliphatic carbocycles. The zero-order valence-corrected chi connectivity index (χ0v) is 11.4. The maximum absolute atomic E-state index is 11.4. The summed E-state index contributed by atoms with van der Waals surface area (Å²) < 4.78 is 1.33. The predicted octanol–water partition coefficient (Wildman–Crippen LogP) is 1.77. The summed E-state index contributed by atoms with van der Waals surface area (Å²) in [5.74, 6) is -0.533. The first kappa shape index (κ1) is 12.3. The minimum atomic E-state index is -1.08. The van der Waals surface area contributed by atoms with Crippen LogP contribution in [0.1, 0.15) is 34.8 Å². The molecule has 0 unspecified atom stereocenters. The minimum Gasteiger partial charge on any atom is -0.478 e. The van der Waals surface area contributed by atoms with Gasteiger partial charge in [-0.2, -0.15) is 5.10 Å². The number of aromatic carboxylic acids is 1. The molecule has 2 N–H and O–H groups in total. The highest BCUT2D eigenvalue weighted by Gasteiger charge is 2.35. The molecule has 106 valence electrons. The maximum Gasteiger partial charge on any atom is 0.340 e. The third kappa shape index (κ3) is 1.79. The third-order valence-corrected chi connectivity index (χ3v) is 3.79. The van der Waals surface area contributed by atoms with E-state index in [2.05, 4.69) is 25.0 Å². The summed E-state index contributed by atoms with van der Waals surface area (Å²) in [7, 11) is 0. The fraction of sp³-hybridized carbons (Fsp3) is 0.250. The molecule has 0 saturated heterocycles. The molecule has 4 rings (SSSR count). The van der Waals surface area contributed by atoms with Crippen LogP contribution < -0.4 is 0 Å². The first-order valence-corrected chi connectivity index (χ1v) is 6.70. The second kappa shape index (κ2) is 4.26. The average Bonchev–Trinajstić information content (AvgIpc) is 3.08. The summed E-state index contributed by atoms with van der Waals surface area (Å²) in [5.41, 5.74) is 1.59. The van der Waals surface area contributed by atoms with Crippen molar-refractivity contribution in [3.63, 3.8) is 0 Å². The first-order valence-electron chi connectivity index (χ1n) is 6.33. The summed E-state index contributed by atoms with van der Waals surface area (Å²) in [6.07, 6.45) is 4.68. The Hall–Kier alpha value is -2.48. The number of hydrogen-bond acceptors (Lipinski definition) is 5.